The first kappa shape index (κ1) is 21.5. The highest BCUT2D eigenvalue weighted by atomic mass is 19.1. The minimum atomic E-state index is -0.343. The van der Waals surface area contributed by atoms with E-state index in [0.29, 0.717) is 26.1 Å². The number of rotatable bonds is 6. The van der Waals surface area contributed by atoms with Crippen molar-refractivity contribution in [3.05, 3.63) is 71.3 Å². The summed E-state index contributed by atoms with van der Waals surface area (Å²) in [6, 6.07) is 11.8. The molecule has 0 bridgehead atoms. The molecule has 4 nitrogen and oxygen atoms in total. The lowest BCUT2D eigenvalue weighted by molar-refractivity contribution is -0.140. The van der Waals surface area contributed by atoms with Crippen LogP contribution >= 0.6 is 0 Å². The second-order valence-electron chi connectivity index (χ2n) is 7.51. The normalized spacial score (nSPS) is 16.0. The molecule has 1 aliphatic heterocycles. The molecule has 30 heavy (non-hydrogen) atoms. The van der Waals surface area contributed by atoms with Gasteiger partial charge in [-0.15, -0.1) is 6.42 Å². The van der Waals surface area contributed by atoms with Crippen LogP contribution in [0.5, 0.6) is 0 Å². The molecule has 2 aromatic carbocycles. The molecule has 1 fully saturated rings. The second kappa shape index (κ2) is 10.0. The minimum Gasteiger partial charge on any atom is -0.342 e. The summed E-state index contributed by atoms with van der Waals surface area (Å²) in [7, 11) is 0. The average Bonchev–Trinajstić information content (AvgIpc) is 2.76. The maximum atomic E-state index is 13.1. The van der Waals surface area contributed by atoms with Crippen LogP contribution in [0.15, 0.2) is 48.5 Å². The van der Waals surface area contributed by atoms with E-state index in [9.17, 15) is 18.4 Å². The molecule has 1 heterocycles. The van der Waals surface area contributed by atoms with E-state index < -0.39 is 0 Å². The fourth-order valence-electron chi connectivity index (χ4n) is 3.68. The molecule has 0 spiro atoms. The van der Waals surface area contributed by atoms with E-state index in [-0.39, 0.29) is 42.3 Å². The van der Waals surface area contributed by atoms with Gasteiger partial charge in [-0.25, -0.2) is 8.78 Å². The minimum absolute atomic E-state index is 0.0823. The third-order valence-corrected chi connectivity index (χ3v) is 5.27. The Bertz CT molecular complexity index is 920. The molecule has 0 saturated carbocycles. The van der Waals surface area contributed by atoms with E-state index in [0.717, 1.165) is 17.5 Å². The quantitative estimate of drug-likeness (QED) is 0.685. The molecular weight excluding hydrogens is 386 g/mol. The Morgan fingerprint density at radius 3 is 2.23 bits per heavy atom. The van der Waals surface area contributed by atoms with Gasteiger partial charge in [0.2, 0.25) is 11.8 Å². The Hall–Kier alpha value is -3.20. The highest BCUT2D eigenvalue weighted by Crippen LogP contribution is 2.21. The van der Waals surface area contributed by atoms with Crippen LogP contribution in [0, 0.1) is 29.9 Å². The van der Waals surface area contributed by atoms with Gasteiger partial charge in [0.05, 0.1) is 18.9 Å². The van der Waals surface area contributed by atoms with Gasteiger partial charge in [0, 0.05) is 19.6 Å². The molecule has 1 aliphatic rings. The van der Waals surface area contributed by atoms with E-state index >= 15 is 0 Å². The standard InChI is InChI=1S/C24H24F2N2O2/c1-2-13-28(16-19-7-11-22(26)12-8-19)24(30)20-4-3-14-27(17-20)23(29)15-18-5-9-21(25)10-6-18/h1,5-12,20H,3-4,13-17H2. The number of carbonyl (C=O) groups is 2. The summed E-state index contributed by atoms with van der Waals surface area (Å²) < 4.78 is 26.2. The van der Waals surface area contributed by atoms with Gasteiger partial charge in [0.1, 0.15) is 11.6 Å². The van der Waals surface area contributed by atoms with Crippen LogP contribution in [-0.2, 0) is 22.6 Å². The van der Waals surface area contributed by atoms with E-state index in [1.54, 1.807) is 34.1 Å². The summed E-state index contributed by atoms with van der Waals surface area (Å²) in [6.07, 6.45) is 7.04. The topological polar surface area (TPSA) is 40.6 Å². The van der Waals surface area contributed by atoms with Crippen LogP contribution in [0.3, 0.4) is 0 Å². The summed E-state index contributed by atoms with van der Waals surface area (Å²) in [5.74, 6) is 1.32. The van der Waals surface area contributed by atoms with Crippen molar-refractivity contribution in [3.8, 4) is 12.3 Å². The highest BCUT2D eigenvalue weighted by molar-refractivity contribution is 5.82. The first-order valence-corrected chi connectivity index (χ1v) is 9.95. The predicted molar refractivity (Wildman–Crippen MR) is 110 cm³/mol. The van der Waals surface area contributed by atoms with E-state index in [4.69, 9.17) is 6.42 Å². The molecule has 1 unspecified atom stereocenters. The van der Waals surface area contributed by atoms with Crippen molar-refractivity contribution in [1.29, 1.82) is 0 Å². The van der Waals surface area contributed by atoms with Crippen molar-refractivity contribution < 1.29 is 18.4 Å². The number of hydrogen-bond acceptors (Lipinski definition) is 2. The molecular formula is C24H24F2N2O2. The van der Waals surface area contributed by atoms with Gasteiger partial charge < -0.3 is 9.80 Å². The highest BCUT2D eigenvalue weighted by Gasteiger charge is 2.31. The number of benzene rings is 2. The summed E-state index contributed by atoms with van der Waals surface area (Å²) in [5.41, 5.74) is 1.53. The monoisotopic (exact) mass is 410 g/mol. The van der Waals surface area contributed by atoms with Crippen molar-refractivity contribution in [1.82, 2.24) is 9.80 Å². The molecule has 6 heteroatoms. The number of terminal acetylenes is 1. The zero-order chi connectivity index (χ0) is 21.5. The van der Waals surface area contributed by atoms with Gasteiger partial charge in [-0.3, -0.25) is 9.59 Å². The van der Waals surface area contributed by atoms with Crippen LogP contribution in [0.2, 0.25) is 0 Å². The Kier molecular flexibility index (Phi) is 7.18. The lowest BCUT2D eigenvalue weighted by Gasteiger charge is -2.34. The third kappa shape index (κ3) is 5.66. The molecule has 1 saturated heterocycles. The van der Waals surface area contributed by atoms with Crippen LogP contribution in [-0.4, -0.2) is 41.2 Å². The van der Waals surface area contributed by atoms with Gasteiger partial charge in [0.15, 0.2) is 0 Å². The largest absolute Gasteiger partial charge is 0.342 e. The van der Waals surface area contributed by atoms with E-state index in [1.807, 2.05) is 0 Å². The molecule has 0 aliphatic carbocycles. The molecule has 2 aromatic rings. The van der Waals surface area contributed by atoms with E-state index in [2.05, 4.69) is 5.92 Å². The fraction of sp³-hybridized carbons (Fsp3) is 0.333. The maximum absolute atomic E-state index is 13.1. The first-order valence-electron chi connectivity index (χ1n) is 9.95. The van der Waals surface area contributed by atoms with Crippen molar-refractivity contribution in [2.45, 2.75) is 25.8 Å². The lowest BCUT2D eigenvalue weighted by atomic mass is 9.95. The smallest absolute Gasteiger partial charge is 0.228 e. The van der Waals surface area contributed by atoms with Gasteiger partial charge in [-0.2, -0.15) is 0 Å². The molecule has 2 amide bonds. The average molecular weight is 410 g/mol. The number of halogens is 2. The molecule has 0 aromatic heterocycles. The zero-order valence-corrected chi connectivity index (χ0v) is 16.7. The SMILES string of the molecule is C#CCN(Cc1ccc(F)cc1)C(=O)C1CCCN(C(=O)Cc2ccc(F)cc2)C1. The Labute approximate surface area is 175 Å². The van der Waals surface area contributed by atoms with Crippen LogP contribution in [0.25, 0.3) is 0 Å². The number of carbonyl (C=O) groups excluding carboxylic acids is 2. The number of nitrogens with zero attached hydrogens (tertiary/aromatic N) is 2. The van der Waals surface area contributed by atoms with Crippen molar-refractivity contribution in [3.63, 3.8) is 0 Å². The second-order valence-corrected chi connectivity index (χ2v) is 7.51. The van der Waals surface area contributed by atoms with Gasteiger partial charge in [0.25, 0.3) is 0 Å². The van der Waals surface area contributed by atoms with Crippen molar-refractivity contribution >= 4 is 11.8 Å². The van der Waals surface area contributed by atoms with Crippen LogP contribution < -0.4 is 0 Å². The summed E-state index contributed by atoms with van der Waals surface area (Å²) in [5, 5.41) is 0. The summed E-state index contributed by atoms with van der Waals surface area (Å²) in [4.78, 5) is 29.0. The van der Waals surface area contributed by atoms with Crippen molar-refractivity contribution in [2.75, 3.05) is 19.6 Å². The van der Waals surface area contributed by atoms with E-state index in [1.165, 1.54) is 24.3 Å². The summed E-state index contributed by atoms with van der Waals surface area (Å²) in [6.45, 7) is 1.37. The number of likely N-dealkylation sites (tertiary alicyclic amines) is 1. The lowest BCUT2D eigenvalue weighted by Crippen LogP contribution is -2.47. The predicted octanol–water partition coefficient (Wildman–Crippen LogP) is 3.41. The zero-order valence-electron chi connectivity index (χ0n) is 16.7. The molecule has 0 N–H and O–H groups in total. The first-order chi connectivity index (χ1) is 14.5. The number of piperidine rings is 1. The van der Waals surface area contributed by atoms with Gasteiger partial charge >= 0.3 is 0 Å². The van der Waals surface area contributed by atoms with Crippen LogP contribution in [0.1, 0.15) is 24.0 Å². The van der Waals surface area contributed by atoms with Gasteiger partial charge in [-0.05, 0) is 48.2 Å². The molecule has 1 atom stereocenters. The maximum Gasteiger partial charge on any atom is 0.228 e. The Morgan fingerprint density at radius 1 is 1.03 bits per heavy atom. The van der Waals surface area contributed by atoms with Crippen LogP contribution in [0.4, 0.5) is 8.78 Å². The Balaban J connectivity index is 1.63. The van der Waals surface area contributed by atoms with Gasteiger partial charge in [-0.1, -0.05) is 30.2 Å². The third-order valence-electron chi connectivity index (χ3n) is 5.27. The molecule has 156 valence electrons. The van der Waals surface area contributed by atoms with Crippen molar-refractivity contribution in [2.24, 2.45) is 5.92 Å². The fourth-order valence-corrected chi connectivity index (χ4v) is 3.68. The number of amides is 2. The Morgan fingerprint density at radius 2 is 1.63 bits per heavy atom. The molecule has 3 rings (SSSR count). The number of hydrogen-bond donors (Lipinski definition) is 0. The summed E-state index contributed by atoms with van der Waals surface area (Å²) >= 11 is 0. The molecule has 0 radical (unpaired) electrons.